The first kappa shape index (κ1) is 62.5. The summed E-state index contributed by atoms with van der Waals surface area (Å²) < 4.78 is 192. The quantitative estimate of drug-likeness (QED) is 0.121. The van der Waals surface area contributed by atoms with Crippen molar-refractivity contribution in [2.24, 2.45) is 16.2 Å². The van der Waals surface area contributed by atoms with Crippen molar-refractivity contribution in [2.75, 3.05) is 14.7 Å². The number of rotatable bonds is 12. The molecule has 606 valence electrons. The number of halogens is 6. The number of anilines is 9. The Morgan fingerprint density at radius 1 is 0.225 bits per heavy atom. The van der Waals surface area contributed by atoms with Gasteiger partial charge in [0.1, 0.15) is 0 Å². The maximum absolute atomic E-state index is 9.47. The van der Waals surface area contributed by atoms with E-state index in [9.17, 15) is 1.37 Å². The molecule has 3 aliphatic carbocycles. The highest BCUT2D eigenvalue weighted by Gasteiger charge is 2.59. The highest BCUT2D eigenvalue weighted by Crippen LogP contribution is 2.65. The molecule has 9 heteroatoms. The van der Waals surface area contributed by atoms with Gasteiger partial charge >= 0.3 is 0 Å². The van der Waals surface area contributed by atoms with Crippen molar-refractivity contribution in [3.05, 3.63) is 370 Å². The minimum Gasteiger partial charge on any atom is -0.310 e. The molecule has 15 aromatic rings. The van der Waals surface area contributed by atoms with Gasteiger partial charge in [0, 0.05) is 102 Å². The van der Waals surface area contributed by atoms with Crippen LogP contribution in [0.25, 0.3) is 65.7 Å². The summed E-state index contributed by atoms with van der Waals surface area (Å²) in [4.78, 5) is 6.56. The van der Waals surface area contributed by atoms with E-state index >= 15 is 0 Å². The number of benzene rings is 15. The van der Waals surface area contributed by atoms with Crippen LogP contribution in [0.15, 0.2) is 336 Å². The molecular formula is C111H105Br6N3. The summed E-state index contributed by atoms with van der Waals surface area (Å²) in [5.74, 6) is 0. The third kappa shape index (κ3) is 14.5. The first-order valence-corrected chi connectivity index (χ1v) is 44.8. The van der Waals surface area contributed by atoms with Crippen LogP contribution in [-0.2, 0) is 32.5 Å². The standard InChI is InChI=1S/3C37H35Br2N/c1-35(2)32-21-11-25(23-33(32)36(3,4)37(35,5)6)24-10-20-31-26(22-24)8-7-9-34(31)40(29-16-12-27(38)13-17-29)30-18-14-28(39)15-19-30;2*1-35(2)32-20-11-24(22-33(32)36(3,4)37(35,5)6)26-21-25-9-7-8-10-31(25)34(23-26)40(29-16-12-27(38)13-17-29)30-18-14-28(39)15-19-30/h3*7-23H,1-6H3/i11D,21D,23D;1D3,2D3,3D3,4D3,5D3,6D3;. The zero-order chi connectivity index (χ0) is 103. The Hall–Kier alpha value is -8.64. The van der Waals surface area contributed by atoms with Crippen LogP contribution >= 0.6 is 95.6 Å². The van der Waals surface area contributed by atoms with Gasteiger partial charge < -0.3 is 14.7 Å². The molecule has 0 N–H and O–H groups in total. The van der Waals surface area contributed by atoms with Crippen molar-refractivity contribution in [3.8, 4) is 33.4 Å². The molecule has 0 atom stereocenters. The highest BCUT2D eigenvalue weighted by atomic mass is 79.9. The third-order valence-corrected chi connectivity index (χ3v) is 30.5. The molecule has 0 saturated carbocycles. The monoisotopic (exact) mass is 1970 g/mol. The third-order valence-electron chi connectivity index (χ3n) is 27.4. The second-order valence-electron chi connectivity index (χ2n) is 35.0. The predicted molar refractivity (Wildman–Crippen MR) is 538 cm³/mol. The lowest BCUT2D eigenvalue weighted by molar-refractivity contribution is 0.125. The minimum atomic E-state index is -4.47. The number of fused-ring (bicyclic) bond motifs is 6. The lowest BCUT2D eigenvalue weighted by Gasteiger charge is -2.44. The Kier molecular flexibility index (Phi) is 16.4. The summed E-state index contributed by atoms with van der Waals surface area (Å²) in [6.45, 7) is 2.41. The molecule has 0 saturated heterocycles. The molecule has 3 nitrogen and oxygen atoms in total. The highest BCUT2D eigenvalue weighted by molar-refractivity contribution is 9.11. The van der Waals surface area contributed by atoms with Crippen molar-refractivity contribution in [1.29, 1.82) is 0 Å². The van der Waals surface area contributed by atoms with Gasteiger partial charge in [0.15, 0.2) is 0 Å². The summed E-state index contributed by atoms with van der Waals surface area (Å²) in [6.07, 6.45) is 0. The topological polar surface area (TPSA) is 9.72 Å². The number of nitrogens with zero attached hydrogens (tertiary/aromatic N) is 3. The van der Waals surface area contributed by atoms with Gasteiger partial charge in [0.25, 0.3) is 0 Å². The normalized spacial score (nSPS) is 19.8. The van der Waals surface area contributed by atoms with E-state index in [2.05, 4.69) is 346 Å². The number of hydrogen-bond donors (Lipinski definition) is 0. The largest absolute Gasteiger partial charge is 0.310 e. The van der Waals surface area contributed by atoms with Crippen LogP contribution in [0.3, 0.4) is 0 Å². The Bertz CT molecular complexity index is 7190. The summed E-state index contributed by atoms with van der Waals surface area (Å²) in [7, 11) is 0. The van der Waals surface area contributed by atoms with E-state index in [-0.39, 0.29) is 50.1 Å². The SMILES string of the molecule is CC1(C)c2ccc(-c3cc(N(c4ccc(Br)cc4)c4ccc(Br)cc4)c4ccccc4c3)cc2C(C)(C)C1(C)C.[2H]C([2H])([2H])C1(C([2H])([2H])[2H])c2ccc(-c3cc(N(c4ccc(Br)cc4)c4ccc(Br)cc4)c4ccccc4c3)cc2C(C([2H])([2H])[2H])(C([2H])([2H])[2H])C1(C([2H])([2H])[2H])C([2H])([2H])[2H].[2H]c1c([2H])c2c(c([2H])c1-c1ccc3c(N(c4ccc(Br)cc4)c4ccc(Br)cc4)cccc3c1)C(C)(C)C(C)(C)C2(C)C. The molecule has 0 spiro atoms. The van der Waals surface area contributed by atoms with E-state index in [1.807, 2.05) is 95.9 Å². The van der Waals surface area contributed by atoms with Crippen LogP contribution in [0, 0.1) is 16.2 Å². The van der Waals surface area contributed by atoms with Gasteiger partial charge in [-0.15, -0.1) is 0 Å². The summed E-state index contributed by atoms with van der Waals surface area (Å²) >= 11 is 21.3. The van der Waals surface area contributed by atoms with Crippen molar-refractivity contribution in [2.45, 2.75) is 157 Å². The molecular weight excluding hydrogens is 1850 g/mol. The lowest BCUT2D eigenvalue weighted by Crippen LogP contribution is -2.42. The molecule has 120 heavy (non-hydrogen) atoms. The van der Waals surface area contributed by atoms with Crippen LogP contribution in [0.5, 0.6) is 0 Å². The van der Waals surface area contributed by atoms with E-state index in [4.69, 9.17) is 27.4 Å². The average molecular weight is 1980 g/mol. The van der Waals surface area contributed by atoms with E-state index in [0.717, 1.165) is 106 Å². The Balaban J connectivity index is 0.000000155. The zero-order valence-electron chi connectivity index (χ0n) is 89.8. The summed E-state index contributed by atoms with van der Waals surface area (Å²) in [5, 5.41) is 5.91. The maximum Gasteiger partial charge on any atom is 0.0632 e. The van der Waals surface area contributed by atoms with E-state index in [1.54, 1.807) is 24.3 Å². The van der Waals surface area contributed by atoms with Crippen LogP contribution in [0.1, 0.15) is 186 Å². The average Bonchev–Trinajstić information content (AvgIpc) is 1.44. The zero-order valence-corrected chi connectivity index (χ0v) is 78.3. The molecule has 3 aliphatic rings. The fourth-order valence-corrected chi connectivity index (χ4v) is 19.5. The molecule has 15 aromatic carbocycles. The van der Waals surface area contributed by atoms with Crippen LogP contribution in [0.2, 0.25) is 0 Å². The first-order valence-electron chi connectivity index (χ1n) is 50.5. The molecule has 0 radical (unpaired) electrons. The van der Waals surface area contributed by atoms with Gasteiger partial charge in [-0.1, -0.05) is 347 Å². The molecule has 0 aromatic heterocycles. The Morgan fingerprint density at radius 3 is 0.917 bits per heavy atom. The molecule has 0 bridgehead atoms. The summed E-state index contributed by atoms with van der Waals surface area (Å²) in [6, 6.07) is 96.2. The summed E-state index contributed by atoms with van der Waals surface area (Å²) in [5.41, 5.74) is 2.08. The second-order valence-corrected chi connectivity index (χ2v) is 40.5. The van der Waals surface area contributed by atoms with Gasteiger partial charge in [-0.2, -0.15) is 0 Å². The van der Waals surface area contributed by atoms with E-state index in [0.29, 0.717) is 39.6 Å². The van der Waals surface area contributed by atoms with E-state index in [1.165, 1.54) is 39.1 Å². The van der Waals surface area contributed by atoms with Gasteiger partial charge in [-0.25, -0.2) is 0 Å². The van der Waals surface area contributed by atoms with Gasteiger partial charge in [0.2, 0.25) is 0 Å². The van der Waals surface area contributed by atoms with Crippen molar-refractivity contribution < 1.29 is 28.8 Å². The van der Waals surface area contributed by atoms with Gasteiger partial charge in [-0.3, -0.25) is 0 Å². The number of hydrogen-bond acceptors (Lipinski definition) is 3. The molecule has 0 fully saturated rings. The van der Waals surface area contributed by atoms with Crippen LogP contribution < -0.4 is 14.7 Å². The van der Waals surface area contributed by atoms with Crippen LogP contribution in [0.4, 0.5) is 51.2 Å². The molecule has 0 unspecified atom stereocenters. The molecule has 0 amide bonds. The predicted octanol–water partition coefficient (Wildman–Crippen LogP) is 36.3. The van der Waals surface area contributed by atoms with Crippen molar-refractivity contribution in [3.63, 3.8) is 0 Å². The van der Waals surface area contributed by atoms with E-state index < -0.39 is 68.5 Å². The molecule has 0 heterocycles. The first-order chi connectivity index (χ1) is 65.5. The Morgan fingerprint density at radius 2 is 0.525 bits per heavy atom. The van der Waals surface area contributed by atoms with Crippen LogP contribution in [-0.4, -0.2) is 0 Å². The van der Waals surface area contributed by atoms with Crippen molar-refractivity contribution >= 4 is 179 Å². The smallest absolute Gasteiger partial charge is 0.0632 e. The van der Waals surface area contributed by atoms with Crippen molar-refractivity contribution in [1.82, 2.24) is 0 Å². The second kappa shape index (κ2) is 31.6. The Labute approximate surface area is 792 Å². The lowest BCUT2D eigenvalue weighted by atomic mass is 9.59. The van der Waals surface area contributed by atoms with Gasteiger partial charge in [-0.05, 0) is 314 Å². The molecule has 18 rings (SSSR count). The maximum atomic E-state index is 9.47. The fraction of sp³-hybridized carbons (Fsp3) is 0.243. The molecule has 0 aliphatic heterocycles. The minimum absolute atomic E-state index is 0.0343. The fourth-order valence-electron chi connectivity index (χ4n) is 17.9. The van der Waals surface area contributed by atoms with Gasteiger partial charge in [0.05, 0.1) is 21.2 Å².